The van der Waals surface area contributed by atoms with Crippen LogP contribution in [0.3, 0.4) is 0 Å². The van der Waals surface area contributed by atoms with Crippen LogP contribution in [0.15, 0.2) is 30.3 Å². The average molecular weight is 700 g/mol. The molecule has 0 unspecified atom stereocenters. The molecular formula is C35H34F5N5O5. The van der Waals surface area contributed by atoms with E-state index in [1.54, 1.807) is 36.6 Å². The zero-order chi connectivity index (χ0) is 36.1. The van der Waals surface area contributed by atoms with E-state index in [0.717, 1.165) is 0 Å². The number of piperazine rings is 1. The van der Waals surface area contributed by atoms with Gasteiger partial charge in [-0.2, -0.15) is 23.1 Å². The topological polar surface area (TPSA) is 112 Å². The van der Waals surface area contributed by atoms with Crippen LogP contribution in [0, 0.1) is 24.0 Å². The number of nitrogens with zero attached hydrogens (tertiary/aromatic N) is 4. The van der Waals surface area contributed by atoms with E-state index >= 15 is 8.78 Å². The molecule has 50 heavy (non-hydrogen) atoms. The van der Waals surface area contributed by atoms with Crippen molar-refractivity contribution in [1.29, 1.82) is 0 Å². The van der Waals surface area contributed by atoms with Gasteiger partial charge in [0.05, 0.1) is 17.6 Å². The summed E-state index contributed by atoms with van der Waals surface area (Å²) in [4.78, 5) is 24.9. The molecule has 15 heteroatoms. The maximum absolute atomic E-state index is 17.0. The molecule has 1 amide bonds. The molecule has 0 spiro atoms. The minimum atomic E-state index is -4.74. The number of methoxy groups -OCH3 is 1. The fourth-order valence-electron chi connectivity index (χ4n) is 6.59. The summed E-state index contributed by atoms with van der Waals surface area (Å²) >= 11 is 0. The first-order valence-corrected chi connectivity index (χ1v) is 15.7. The number of carbonyl (C=O) groups excluding carboxylic acids is 1. The molecule has 0 saturated carbocycles. The molecule has 1 aromatic heterocycles. The Morgan fingerprint density at radius 1 is 1.06 bits per heavy atom. The quantitative estimate of drug-likeness (QED) is 0.0963. The van der Waals surface area contributed by atoms with Gasteiger partial charge >= 0.3 is 18.3 Å². The molecule has 2 bridgehead atoms. The summed E-state index contributed by atoms with van der Waals surface area (Å²) in [6.07, 6.45) is 1.77. The van der Waals surface area contributed by atoms with Gasteiger partial charge in [-0.25, -0.2) is 13.6 Å². The van der Waals surface area contributed by atoms with Crippen molar-refractivity contribution < 1.29 is 45.7 Å². The lowest BCUT2D eigenvalue weighted by Crippen LogP contribution is -2.57. The van der Waals surface area contributed by atoms with Crippen molar-refractivity contribution in [3.05, 3.63) is 47.5 Å². The van der Waals surface area contributed by atoms with Crippen molar-refractivity contribution in [3.63, 3.8) is 0 Å². The zero-order valence-corrected chi connectivity index (χ0v) is 27.7. The number of hydrogen-bond donors (Lipinski definition) is 1. The molecule has 6 rings (SSSR count). The fraction of sp³-hybridized carbons (Fsp3) is 0.400. The number of nitrogens with two attached hydrogens (primary N) is 1. The van der Waals surface area contributed by atoms with E-state index in [2.05, 4.69) is 15.9 Å². The zero-order valence-electron chi connectivity index (χ0n) is 27.7. The highest BCUT2D eigenvalue weighted by Crippen LogP contribution is 2.44. The molecular weight excluding hydrogens is 665 g/mol. The Kier molecular flexibility index (Phi) is 9.02. The number of alkyl halides is 3. The van der Waals surface area contributed by atoms with Crippen molar-refractivity contribution in [2.45, 2.75) is 57.5 Å². The van der Waals surface area contributed by atoms with E-state index < -0.39 is 47.6 Å². The summed E-state index contributed by atoms with van der Waals surface area (Å²) in [6, 6.07) is 5.65. The third kappa shape index (κ3) is 6.72. The molecule has 264 valence electrons. The summed E-state index contributed by atoms with van der Waals surface area (Å²) in [5.74, 6) is 0.840. The second kappa shape index (κ2) is 13.0. The first-order valence-electron chi connectivity index (χ1n) is 15.7. The highest BCUT2D eigenvalue weighted by molar-refractivity contribution is 6.07. The lowest BCUT2D eigenvalue weighted by molar-refractivity contribution is -0.154. The summed E-state index contributed by atoms with van der Waals surface area (Å²) in [7, 11) is 1.41. The number of ether oxygens (including phenoxy) is 4. The predicted octanol–water partition coefficient (Wildman–Crippen LogP) is 6.80. The lowest BCUT2D eigenvalue weighted by Gasteiger charge is -2.42. The summed E-state index contributed by atoms with van der Waals surface area (Å²) < 4.78 is 93.0. The number of amides is 1. The Morgan fingerprint density at radius 2 is 1.76 bits per heavy atom. The Hall–Kier alpha value is -5.10. The second-order valence-corrected chi connectivity index (χ2v) is 13.1. The summed E-state index contributed by atoms with van der Waals surface area (Å²) in [5.41, 5.74) is 4.98. The van der Waals surface area contributed by atoms with Gasteiger partial charge in [0.2, 0.25) is 0 Å². The minimum absolute atomic E-state index is 0.0555. The Labute approximate surface area is 284 Å². The van der Waals surface area contributed by atoms with Crippen LogP contribution in [-0.2, 0) is 9.47 Å². The fourth-order valence-corrected chi connectivity index (χ4v) is 6.59. The van der Waals surface area contributed by atoms with E-state index in [0.29, 0.717) is 18.2 Å². The largest absolute Gasteiger partial charge is 0.468 e. The van der Waals surface area contributed by atoms with Gasteiger partial charge in [0.25, 0.3) is 0 Å². The third-order valence-corrected chi connectivity index (χ3v) is 8.47. The standard InChI is InChI=1S/C35H34F5N5O5/c1-6-22-25(36)10-7-18-11-21(49-17-47-5)12-23(27(18)22)28-26(41)13-24-30(29(28)37)42-32(48-16-35(38,39)40)43-31(24)44-14-19-8-9-20(15-44)45(19)33(46)50-34(2,3)4/h1,7,10-13,19-20H,8-9,14-17,41H2,2-5H3/t19-,20+. The monoisotopic (exact) mass is 699 g/mol. The van der Waals surface area contributed by atoms with Gasteiger partial charge in [0, 0.05) is 42.2 Å². The van der Waals surface area contributed by atoms with Crippen LogP contribution in [0.2, 0.25) is 0 Å². The number of aromatic nitrogens is 2. The van der Waals surface area contributed by atoms with Crippen LogP contribution in [0.5, 0.6) is 11.8 Å². The molecule has 2 aliphatic rings. The highest BCUT2D eigenvalue weighted by atomic mass is 19.4. The maximum atomic E-state index is 17.0. The van der Waals surface area contributed by atoms with Crippen LogP contribution >= 0.6 is 0 Å². The number of rotatable bonds is 7. The van der Waals surface area contributed by atoms with Crippen molar-refractivity contribution in [1.82, 2.24) is 14.9 Å². The number of halogens is 5. The van der Waals surface area contributed by atoms with Gasteiger partial charge in [0.15, 0.2) is 19.2 Å². The van der Waals surface area contributed by atoms with E-state index in [1.807, 2.05) is 0 Å². The SMILES string of the molecule is C#Cc1c(F)ccc2cc(OCOC)cc(-c3c(N)cc4c(N5C[C@H]6CC[C@@H](C5)N6C(=O)OC(C)(C)C)nc(OCC(F)(F)F)nc4c3F)c12. The maximum Gasteiger partial charge on any atom is 0.422 e. The van der Waals surface area contributed by atoms with Crippen LogP contribution in [0.1, 0.15) is 39.2 Å². The van der Waals surface area contributed by atoms with E-state index in [-0.39, 0.29) is 76.7 Å². The molecule has 0 radical (unpaired) electrons. The number of anilines is 2. The smallest absolute Gasteiger partial charge is 0.422 e. The van der Waals surface area contributed by atoms with Crippen LogP contribution in [0.4, 0.5) is 38.3 Å². The van der Waals surface area contributed by atoms with Gasteiger partial charge in [-0.05, 0) is 68.8 Å². The molecule has 2 aliphatic heterocycles. The molecule has 3 heterocycles. The Bertz CT molecular complexity index is 2010. The number of fused-ring (bicyclic) bond motifs is 4. The molecule has 10 nitrogen and oxygen atoms in total. The normalized spacial score (nSPS) is 17.7. The minimum Gasteiger partial charge on any atom is -0.468 e. The van der Waals surface area contributed by atoms with Gasteiger partial charge < -0.3 is 29.6 Å². The first kappa shape index (κ1) is 34.8. The molecule has 2 atom stereocenters. The number of terminal acetylenes is 1. The van der Waals surface area contributed by atoms with Crippen LogP contribution in [-0.4, -0.2) is 78.4 Å². The van der Waals surface area contributed by atoms with Crippen LogP contribution in [0.25, 0.3) is 32.8 Å². The van der Waals surface area contributed by atoms with Gasteiger partial charge in [0.1, 0.15) is 28.5 Å². The first-order chi connectivity index (χ1) is 23.6. The van der Waals surface area contributed by atoms with E-state index in [4.69, 9.17) is 31.1 Å². The van der Waals surface area contributed by atoms with Crippen molar-refractivity contribution in [3.8, 4) is 35.2 Å². The number of hydrogen-bond acceptors (Lipinski definition) is 9. The van der Waals surface area contributed by atoms with Crippen LogP contribution < -0.4 is 20.1 Å². The molecule has 3 aromatic carbocycles. The van der Waals surface area contributed by atoms with Gasteiger partial charge in [-0.1, -0.05) is 12.0 Å². The molecule has 4 aromatic rings. The number of benzene rings is 3. The average Bonchev–Trinajstić information content (AvgIpc) is 3.31. The Morgan fingerprint density at radius 3 is 2.38 bits per heavy atom. The molecule has 2 N–H and O–H groups in total. The number of nitrogen functional groups attached to an aromatic ring is 1. The number of carbonyl (C=O) groups is 1. The van der Waals surface area contributed by atoms with Gasteiger partial charge in [-0.3, -0.25) is 4.90 Å². The molecule has 2 fully saturated rings. The third-order valence-electron chi connectivity index (χ3n) is 8.47. The predicted molar refractivity (Wildman–Crippen MR) is 176 cm³/mol. The van der Waals surface area contributed by atoms with Crippen molar-refractivity contribution in [2.75, 3.05) is 44.2 Å². The summed E-state index contributed by atoms with van der Waals surface area (Å²) in [6.45, 7) is 3.84. The van der Waals surface area contributed by atoms with E-state index in [1.165, 1.54) is 31.4 Å². The Balaban J connectivity index is 1.52. The molecule has 0 aliphatic carbocycles. The van der Waals surface area contributed by atoms with Crippen molar-refractivity contribution >= 4 is 39.3 Å². The molecule has 2 saturated heterocycles. The van der Waals surface area contributed by atoms with Gasteiger partial charge in [-0.15, -0.1) is 6.42 Å². The van der Waals surface area contributed by atoms with E-state index in [9.17, 15) is 18.0 Å². The highest BCUT2D eigenvalue weighted by Gasteiger charge is 2.45. The second-order valence-electron chi connectivity index (χ2n) is 13.1. The summed E-state index contributed by atoms with van der Waals surface area (Å²) in [5, 5.41) is 0.644. The van der Waals surface area contributed by atoms with Crippen molar-refractivity contribution in [2.24, 2.45) is 0 Å². The lowest BCUT2D eigenvalue weighted by atomic mass is 9.92.